The van der Waals surface area contributed by atoms with E-state index < -0.39 is 0 Å². The van der Waals surface area contributed by atoms with Crippen LogP contribution in [0, 0.1) is 0 Å². The van der Waals surface area contributed by atoms with E-state index in [2.05, 4.69) is 44.7 Å². The number of anilines is 2. The maximum Gasteiger partial charge on any atom is 0.0611 e. The van der Waals surface area contributed by atoms with Crippen molar-refractivity contribution in [2.45, 2.75) is 6.54 Å². The fourth-order valence-corrected chi connectivity index (χ4v) is 2.60. The second-order valence-electron chi connectivity index (χ2n) is 3.69. The fourth-order valence-electron chi connectivity index (χ4n) is 1.59. The van der Waals surface area contributed by atoms with Crippen LogP contribution in [0.25, 0.3) is 0 Å². The number of nitrogens with zero attached hydrogens (tertiary/aromatic N) is 1. The Hall–Kier alpha value is -1.00. The zero-order valence-electron chi connectivity index (χ0n) is 8.98. The van der Waals surface area contributed by atoms with Crippen LogP contribution < -0.4 is 10.6 Å². The van der Waals surface area contributed by atoms with Crippen molar-refractivity contribution in [1.29, 1.82) is 0 Å². The molecular weight excluding hydrogens is 284 g/mol. The normalized spacial score (nSPS) is 10.4. The average molecular weight is 297 g/mol. The SMILES string of the molecule is CN(Cc1ccsc1)c1cc(Br)ccc1N. The highest BCUT2D eigenvalue weighted by molar-refractivity contribution is 9.10. The molecule has 1 aromatic carbocycles. The van der Waals surface area contributed by atoms with Crippen LogP contribution in [-0.4, -0.2) is 7.05 Å². The molecule has 0 atom stereocenters. The van der Waals surface area contributed by atoms with Crippen LogP contribution in [0.5, 0.6) is 0 Å². The molecule has 2 N–H and O–H groups in total. The number of hydrogen-bond acceptors (Lipinski definition) is 3. The Morgan fingerprint density at radius 1 is 1.38 bits per heavy atom. The quantitative estimate of drug-likeness (QED) is 0.875. The molecule has 0 spiro atoms. The molecule has 2 rings (SSSR count). The van der Waals surface area contributed by atoms with Crippen molar-refractivity contribution in [2.75, 3.05) is 17.7 Å². The Morgan fingerprint density at radius 2 is 2.19 bits per heavy atom. The molecule has 0 aliphatic heterocycles. The molecule has 0 fully saturated rings. The molecule has 2 nitrogen and oxygen atoms in total. The van der Waals surface area contributed by atoms with E-state index in [4.69, 9.17) is 5.73 Å². The lowest BCUT2D eigenvalue weighted by Crippen LogP contribution is -2.17. The van der Waals surface area contributed by atoms with Crippen LogP contribution in [-0.2, 0) is 6.54 Å². The molecule has 0 unspecified atom stereocenters. The highest BCUT2D eigenvalue weighted by atomic mass is 79.9. The lowest BCUT2D eigenvalue weighted by atomic mass is 10.2. The van der Waals surface area contributed by atoms with Gasteiger partial charge in [0, 0.05) is 18.1 Å². The van der Waals surface area contributed by atoms with Crippen LogP contribution in [0.4, 0.5) is 11.4 Å². The second-order valence-corrected chi connectivity index (χ2v) is 5.39. The first-order valence-electron chi connectivity index (χ1n) is 4.94. The highest BCUT2D eigenvalue weighted by Crippen LogP contribution is 2.27. The van der Waals surface area contributed by atoms with Crippen LogP contribution in [0.3, 0.4) is 0 Å². The number of nitrogen functional groups attached to an aromatic ring is 1. The molecule has 4 heteroatoms. The van der Waals surface area contributed by atoms with Crippen LogP contribution in [0.1, 0.15) is 5.56 Å². The zero-order valence-corrected chi connectivity index (χ0v) is 11.4. The van der Waals surface area contributed by atoms with Gasteiger partial charge in [0.2, 0.25) is 0 Å². The third kappa shape index (κ3) is 2.57. The number of nitrogens with two attached hydrogens (primary N) is 1. The zero-order chi connectivity index (χ0) is 11.5. The van der Waals surface area contributed by atoms with E-state index >= 15 is 0 Å². The van der Waals surface area contributed by atoms with Gasteiger partial charge in [0.25, 0.3) is 0 Å². The lowest BCUT2D eigenvalue weighted by molar-refractivity contribution is 0.929. The molecule has 0 bridgehead atoms. The molecule has 2 aromatic rings. The molecule has 0 saturated heterocycles. The standard InChI is InChI=1S/C12H13BrN2S/c1-15(7-9-4-5-16-8-9)12-6-10(13)2-3-11(12)14/h2-6,8H,7,14H2,1H3. The first-order chi connectivity index (χ1) is 7.66. The molecule has 0 amide bonds. The molecular formula is C12H13BrN2S. The van der Waals surface area contributed by atoms with Crippen molar-refractivity contribution < 1.29 is 0 Å². The summed E-state index contributed by atoms with van der Waals surface area (Å²) in [5, 5.41) is 4.25. The molecule has 0 aliphatic rings. The number of benzene rings is 1. The van der Waals surface area contributed by atoms with E-state index in [1.165, 1.54) is 5.56 Å². The number of thiophene rings is 1. The minimum absolute atomic E-state index is 0.806. The molecule has 1 heterocycles. The lowest BCUT2D eigenvalue weighted by Gasteiger charge is -2.20. The van der Waals surface area contributed by atoms with Gasteiger partial charge in [0.1, 0.15) is 0 Å². The predicted octanol–water partition coefficient (Wildman–Crippen LogP) is 3.73. The summed E-state index contributed by atoms with van der Waals surface area (Å²) in [7, 11) is 2.05. The van der Waals surface area contributed by atoms with E-state index in [0.29, 0.717) is 0 Å². The van der Waals surface area contributed by atoms with Crippen molar-refractivity contribution in [3.8, 4) is 0 Å². The minimum Gasteiger partial charge on any atom is -0.397 e. The number of halogens is 1. The van der Waals surface area contributed by atoms with E-state index in [1.807, 2.05) is 18.2 Å². The van der Waals surface area contributed by atoms with Gasteiger partial charge in [-0.2, -0.15) is 11.3 Å². The largest absolute Gasteiger partial charge is 0.397 e. The second kappa shape index (κ2) is 4.89. The third-order valence-corrected chi connectivity index (χ3v) is 3.63. The van der Waals surface area contributed by atoms with Gasteiger partial charge in [0.05, 0.1) is 11.4 Å². The van der Waals surface area contributed by atoms with Crippen molar-refractivity contribution in [1.82, 2.24) is 0 Å². The van der Waals surface area contributed by atoms with E-state index in [0.717, 1.165) is 22.4 Å². The summed E-state index contributed by atoms with van der Waals surface area (Å²) in [6, 6.07) is 8.05. The smallest absolute Gasteiger partial charge is 0.0611 e. The van der Waals surface area contributed by atoms with Gasteiger partial charge in [-0.1, -0.05) is 15.9 Å². The summed E-state index contributed by atoms with van der Waals surface area (Å²) >= 11 is 5.18. The molecule has 0 radical (unpaired) electrons. The van der Waals surface area contributed by atoms with Crippen LogP contribution >= 0.6 is 27.3 Å². The monoisotopic (exact) mass is 296 g/mol. The van der Waals surface area contributed by atoms with Crippen LogP contribution in [0.2, 0.25) is 0 Å². The maximum atomic E-state index is 5.96. The average Bonchev–Trinajstić information content (AvgIpc) is 2.74. The summed E-state index contributed by atoms with van der Waals surface area (Å²) in [6.45, 7) is 0.879. The Labute approximate surface area is 108 Å². The Balaban J connectivity index is 2.20. The van der Waals surface area contributed by atoms with Crippen molar-refractivity contribution in [3.05, 3.63) is 45.1 Å². The molecule has 0 saturated carbocycles. The minimum atomic E-state index is 0.806. The summed E-state index contributed by atoms with van der Waals surface area (Å²) in [4.78, 5) is 2.15. The summed E-state index contributed by atoms with van der Waals surface area (Å²) in [5.74, 6) is 0. The van der Waals surface area contributed by atoms with Crippen molar-refractivity contribution in [3.63, 3.8) is 0 Å². The van der Waals surface area contributed by atoms with Gasteiger partial charge >= 0.3 is 0 Å². The van der Waals surface area contributed by atoms with E-state index in [-0.39, 0.29) is 0 Å². The van der Waals surface area contributed by atoms with Gasteiger partial charge in [0.15, 0.2) is 0 Å². The third-order valence-electron chi connectivity index (χ3n) is 2.40. The van der Waals surface area contributed by atoms with Gasteiger partial charge in [-0.05, 0) is 40.6 Å². The number of hydrogen-bond donors (Lipinski definition) is 1. The van der Waals surface area contributed by atoms with Crippen LogP contribution in [0.15, 0.2) is 39.5 Å². The van der Waals surface area contributed by atoms with Gasteiger partial charge in [-0.25, -0.2) is 0 Å². The van der Waals surface area contributed by atoms with Gasteiger partial charge in [-0.15, -0.1) is 0 Å². The molecule has 1 aromatic heterocycles. The predicted molar refractivity (Wildman–Crippen MR) is 75.0 cm³/mol. The number of rotatable bonds is 3. The summed E-state index contributed by atoms with van der Waals surface area (Å²) in [6.07, 6.45) is 0. The Morgan fingerprint density at radius 3 is 2.88 bits per heavy atom. The van der Waals surface area contributed by atoms with Gasteiger partial charge < -0.3 is 10.6 Å². The Bertz CT molecular complexity index is 468. The molecule has 16 heavy (non-hydrogen) atoms. The Kier molecular flexibility index (Phi) is 3.51. The first kappa shape index (κ1) is 11.5. The van der Waals surface area contributed by atoms with Crippen molar-refractivity contribution >= 4 is 38.6 Å². The van der Waals surface area contributed by atoms with Gasteiger partial charge in [-0.3, -0.25) is 0 Å². The summed E-state index contributed by atoms with van der Waals surface area (Å²) in [5.41, 5.74) is 9.13. The van der Waals surface area contributed by atoms with E-state index in [9.17, 15) is 0 Å². The summed E-state index contributed by atoms with van der Waals surface area (Å²) < 4.78 is 1.05. The molecule has 0 aliphatic carbocycles. The van der Waals surface area contributed by atoms with E-state index in [1.54, 1.807) is 11.3 Å². The topological polar surface area (TPSA) is 29.3 Å². The fraction of sp³-hybridized carbons (Fsp3) is 0.167. The maximum absolute atomic E-state index is 5.96. The molecule has 84 valence electrons. The highest BCUT2D eigenvalue weighted by Gasteiger charge is 2.06. The van der Waals surface area contributed by atoms with Crippen molar-refractivity contribution in [2.24, 2.45) is 0 Å². The first-order valence-corrected chi connectivity index (χ1v) is 6.67.